The first kappa shape index (κ1) is 14.4. The van der Waals surface area contributed by atoms with Crippen molar-refractivity contribution in [3.63, 3.8) is 0 Å². The lowest BCUT2D eigenvalue weighted by atomic mass is 10.2. The predicted molar refractivity (Wildman–Crippen MR) is 86.7 cm³/mol. The number of hydrogen-bond acceptors (Lipinski definition) is 4. The van der Waals surface area contributed by atoms with E-state index in [9.17, 15) is 0 Å². The summed E-state index contributed by atoms with van der Waals surface area (Å²) in [5.74, 6) is 1.65. The Labute approximate surface area is 133 Å². The summed E-state index contributed by atoms with van der Waals surface area (Å²) >= 11 is 6.12. The van der Waals surface area contributed by atoms with Gasteiger partial charge in [0.25, 0.3) is 5.89 Å². The summed E-state index contributed by atoms with van der Waals surface area (Å²) in [6.45, 7) is 0. The third kappa shape index (κ3) is 3.02. The maximum atomic E-state index is 6.12. The van der Waals surface area contributed by atoms with Gasteiger partial charge in [0.2, 0.25) is 5.82 Å². The summed E-state index contributed by atoms with van der Waals surface area (Å²) in [5, 5.41) is 4.54. The topological polar surface area (TPSA) is 48.2 Å². The van der Waals surface area contributed by atoms with Crippen LogP contribution < -0.4 is 4.74 Å². The standard InChI is InChI=1S/C17H13ClN2O2/c1-21-15-9-5-2-6-12(15)10-11-16-19-17(20-22-16)13-7-3-4-8-14(13)18/h2-11H,1H3/b11-10+. The van der Waals surface area contributed by atoms with Gasteiger partial charge in [0.15, 0.2) is 0 Å². The van der Waals surface area contributed by atoms with E-state index in [0.717, 1.165) is 16.9 Å². The Morgan fingerprint density at radius 2 is 1.82 bits per heavy atom. The van der Waals surface area contributed by atoms with Crippen molar-refractivity contribution >= 4 is 23.8 Å². The molecule has 0 atom stereocenters. The summed E-state index contributed by atoms with van der Waals surface area (Å²) in [6.07, 6.45) is 3.61. The van der Waals surface area contributed by atoms with E-state index in [1.807, 2.05) is 48.5 Å². The molecule has 0 radical (unpaired) electrons. The Kier molecular flexibility index (Phi) is 4.21. The highest BCUT2D eigenvalue weighted by molar-refractivity contribution is 6.33. The fraction of sp³-hybridized carbons (Fsp3) is 0.0588. The number of nitrogens with zero attached hydrogens (tertiary/aromatic N) is 2. The van der Waals surface area contributed by atoms with E-state index in [4.69, 9.17) is 20.9 Å². The van der Waals surface area contributed by atoms with Crippen LogP contribution >= 0.6 is 11.6 Å². The van der Waals surface area contributed by atoms with Crippen LogP contribution in [0.1, 0.15) is 11.5 Å². The van der Waals surface area contributed by atoms with Crippen molar-refractivity contribution in [3.8, 4) is 17.1 Å². The van der Waals surface area contributed by atoms with Crippen molar-refractivity contribution < 1.29 is 9.26 Å². The number of ether oxygens (including phenoxy) is 1. The van der Waals surface area contributed by atoms with E-state index < -0.39 is 0 Å². The van der Waals surface area contributed by atoms with Crippen LogP contribution in [0.25, 0.3) is 23.5 Å². The zero-order valence-electron chi connectivity index (χ0n) is 11.9. The maximum absolute atomic E-state index is 6.12. The van der Waals surface area contributed by atoms with Crippen LogP contribution in [-0.2, 0) is 0 Å². The number of methoxy groups -OCH3 is 1. The van der Waals surface area contributed by atoms with Crippen molar-refractivity contribution in [1.82, 2.24) is 10.1 Å². The maximum Gasteiger partial charge on any atom is 0.250 e. The van der Waals surface area contributed by atoms with Crippen LogP contribution in [0.2, 0.25) is 5.02 Å². The van der Waals surface area contributed by atoms with E-state index in [1.165, 1.54) is 0 Å². The Bertz CT molecular complexity index is 812. The van der Waals surface area contributed by atoms with Gasteiger partial charge < -0.3 is 9.26 Å². The largest absolute Gasteiger partial charge is 0.496 e. The molecule has 0 fully saturated rings. The molecular weight excluding hydrogens is 300 g/mol. The van der Waals surface area contributed by atoms with Gasteiger partial charge in [0.05, 0.1) is 12.1 Å². The molecule has 0 N–H and O–H groups in total. The first-order valence-electron chi connectivity index (χ1n) is 6.67. The number of para-hydroxylation sites is 1. The summed E-state index contributed by atoms with van der Waals surface area (Å²) in [6, 6.07) is 15.1. The lowest BCUT2D eigenvalue weighted by molar-refractivity contribution is 0.411. The van der Waals surface area contributed by atoms with E-state index in [2.05, 4.69) is 10.1 Å². The second-order valence-electron chi connectivity index (χ2n) is 4.51. The van der Waals surface area contributed by atoms with Crippen LogP contribution in [0.5, 0.6) is 5.75 Å². The molecule has 0 aliphatic rings. The van der Waals surface area contributed by atoms with Gasteiger partial charge in [-0.15, -0.1) is 0 Å². The fourth-order valence-electron chi connectivity index (χ4n) is 2.02. The molecule has 0 saturated heterocycles. The van der Waals surface area contributed by atoms with Crippen LogP contribution in [0.3, 0.4) is 0 Å². The molecule has 2 aromatic carbocycles. The summed E-state index contributed by atoms with van der Waals surface area (Å²) in [4.78, 5) is 4.32. The third-order valence-corrected chi connectivity index (χ3v) is 3.43. The van der Waals surface area contributed by atoms with Crippen LogP contribution in [0, 0.1) is 0 Å². The molecule has 110 valence electrons. The Morgan fingerprint density at radius 3 is 2.64 bits per heavy atom. The smallest absolute Gasteiger partial charge is 0.250 e. The van der Waals surface area contributed by atoms with Gasteiger partial charge in [0.1, 0.15) is 5.75 Å². The number of hydrogen-bond donors (Lipinski definition) is 0. The summed E-state index contributed by atoms with van der Waals surface area (Å²) in [5.41, 5.74) is 1.67. The second kappa shape index (κ2) is 6.45. The molecule has 0 unspecified atom stereocenters. The first-order valence-corrected chi connectivity index (χ1v) is 7.05. The van der Waals surface area contributed by atoms with Crippen molar-refractivity contribution in [1.29, 1.82) is 0 Å². The van der Waals surface area contributed by atoms with Crippen molar-refractivity contribution in [2.75, 3.05) is 7.11 Å². The molecule has 0 aliphatic heterocycles. The van der Waals surface area contributed by atoms with Gasteiger partial charge >= 0.3 is 0 Å². The summed E-state index contributed by atoms with van der Waals surface area (Å²) < 4.78 is 10.5. The number of halogens is 1. The molecule has 1 aromatic heterocycles. The van der Waals surface area contributed by atoms with Gasteiger partial charge in [-0.05, 0) is 24.3 Å². The number of benzene rings is 2. The molecule has 4 nitrogen and oxygen atoms in total. The van der Waals surface area contributed by atoms with E-state index >= 15 is 0 Å². The molecule has 3 aromatic rings. The molecule has 0 amide bonds. The zero-order chi connectivity index (χ0) is 15.4. The van der Waals surface area contributed by atoms with Gasteiger partial charge in [-0.1, -0.05) is 47.1 Å². The summed E-state index contributed by atoms with van der Waals surface area (Å²) in [7, 11) is 1.63. The highest BCUT2D eigenvalue weighted by Crippen LogP contribution is 2.25. The van der Waals surface area contributed by atoms with Gasteiger partial charge in [-0.2, -0.15) is 4.98 Å². The van der Waals surface area contributed by atoms with Gasteiger partial charge in [0, 0.05) is 17.2 Å². The van der Waals surface area contributed by atoms with Crippen LogP contribution in [-0.4, -0.2) is 17.3 Å². The first-order chi connectivity index (χ1) is 10.8. The highest BCUT2D eigenvalue weighted by Gasteiger charge is 2.09. The van der Waals surface area contributed by atoms with E-state index in [0.29, 0.717) is 16.7 Å². The van der Waals surface area contributed by atoms with E-state index in [-0.39, 0.29) is 0 Å². The van der Waals surface area contributed by atoms with Gasteiger partial charge in [-0.25, -0.2) is 0 Å². The molecule has 3 rings (SSSR count). The van der Waals surface area contributed by atoms with E-state index in [1.54, 1.807) is 19.3 Å². The quantitative estimate of drug-likeness (QED) is 0.708. The van der Waals surface area contributed by atoms with Crippen molar-refractivity contribution in [3.05, 3.63) is 65.0 Å². The lowest BCUT2D eigenvalue weighted by Crippen LogP contribution is -1.85. The minimum absolute atomic E-state index is 0.404. The van der Waals surface area contributed by atoms with Crippen LogP contribution in [0.4, 0.5) is 0 Å². The molecular formula is C17H13ClN2O2. The molecule has 0 bridgehead atoms. The normalized spacial score (nSPS) is 11.0. The minimum atomic E-state index is 0.404. The number of aromatic nitrogens is 2. The molecule has 0 spiro atoms. The monoisotopic (exact) mass is 312 g/mol. The molecule has 0 saturated carbocycles. The Hall–Kier alpha value is -2.59. The van der Waals surface area contributed by atoms with Crippen LogP contribution in [0.15, 0.2) is 53.1 Å². The third-order valence-electron chi connectivity index (χ3n) is 3.10. The molecule has 5 heteroatoms. The average molecular weight is 313 g/mol. The minimum Gasteiger partial charge on any atom is -0.496 e. The molecule has 1 heterocycles. The lowest BCUT2D eigenvalue weighted by Gasteiger charge is -2.02. The highest BCUT2D eigenvalue weighted by atomic mass is 35.5. The molecule has 0 aliphatic carbocycles. The average Bonchev–Trinajstić information content (AvgIpc) is 3.02. The number of rotatable bonds is 4. The SMILES string of the molecule is COc1ccccc1/C=C/c1nc(-c2ccccc2Cl)no1. The Morgan fingerprint density at radius 1 is 1.05 bits per heavy atom. The van der Waals surface area contributed by atoms with Crippen molar-refractivity contribution in [2.24, 2.45) is 0 Å². The van der Waals surface area contributed by atoms with Crippen molar-refractivity contribution in [2.45, 2.75) is 0 Å². The predicted octanol–water partition coefficient (Wildman–Crippen LogP) is 4.57. The second-order valence-corrected chi connectivity index (χ2v) is 4.92. The molecule has 22 heavy (non-hydrogen) atoms. The Balaban J connectivity index is 1.86. The van der Waals surface area contributed by atoms with Gasteiger partial charge in [-0.3, -0.25) is 0 Å². The zero-order valence-corrected chi connectivity index (χ0v) is 12.6. The fourth-order valence-corrected chi connectivity index (χ4v) is 2.24.